The Morgan fingerprint density at radius 2 is 0.833 bits per heavy atom. The maximum atomic E-state index is 5.09. The fourth-order valence-electron chi connectivity index (χ4n) is 5.74. The Labute approximate surface area is 243 Å². The second-order valence-electron chi connectivity index (χ2n) is 10.3. The minimum atomic E-state index is 0.623. The molecular formula is C38H24N4. The molecule has 0 N–H and O–H groups in total. The summed E-state index contributed by atoms with van der Waals surface area (Å²) in [4.78, 5) is 20.0. The molecule has 4 nitrogen and oxygen atoms in total. The average molecular weight is 537 g/mol. The molecule has 0 saturated heterocycles. The standard InChI is InChI=1S/C38H24N4/c1-4-17-30-25(10-1)13-8-20-33(30)37-40-36(41-38(42-37)34-21-9-14-26-11-2-5-18-31(26)34)29-16-7-15-28(24-29)35-32-19-6-3-12-27(32)22-23-39-35/h1-24H. The average Bonchev–Trinajstić information content (AvgIpc) is 3.07. The van der Waals surface area contributed by atoms with Gasteiger partial charge in [-0.15, -0.1) is 0 Å². The van der Waals surface area contributed by atoms with E-state index in [4.69, 9.17) is 19.9 Å². The van der Waals surface area contributed by atoms with Gasteiger partial charge >= 0.3 is 0 Å². The summed E-state index contributed by atoms with van der Waals surface area (Å²) >= 11 is 0. The van der Waals surface area contributed by atoms with Crippen molar-refractivity contribution in [3.63, 3.8) is 0 Å². The van der Waals surface area contributed by atoms with Crippen molar-refractivity contribution in [1.82, 2.24) is 19.9 Å². The molecule has 0 fully saturated rings. The van der Waals surface area contributed by atoms with Gasteiger partial charge in [0.2, 0.25) is 0 Å². The Morgan fingerprint density at radius 3 is 1.48 bits per heavy atom. The van der Waals surface area contributed by atoms with Crippen molar-refractivity contribution < 1.29 is 0 Å². The predicted molar refractivity (Wildman–Crippen MR) is 172 cm³/mol. The molecule has 0 spiro atoms. The predicted octanol–water partition coefficient (Wildman–Crippen LogP) is 9.39. The van der Waals surface area contributed by atoms with Gasteiger partial charge in [0.25, 0.3) is 0 Å². The van der Waals surface area contributed by atoms with Crippen molar-refractivity contribution in [3.05, 3.63) is 146 Å². The smallest absolute Gasteiger partial charge is 0.164 e. The monoisotopic (exact) mass is 536 g/mol. The number of hydrogen-bond acceptors (Lipinski definition) is 4. The van der Waals surface area contributed by atoms with Crippen LogP contribution in [0.25, 0.3) is 77.7 Å². The highest BCUT2D eigenvalue weighted by molar-refractivity contribution is 5.98. The van der Waals surface area contributed by atoms with E-state index in [2.05, 4.69) is 127 Å². The molecule has 2 heterocycles. The Balaban J connectivity index is 1.37. The van der Waals surface area contributed by atoms with Crippen LogP contribution < -0.4 is 0 Å². The van der Waals surface area contributed by atoms with Gasteiger partial charge in [-0.25, -0.2) is 15.0 Å². The van der Waals surface area contributed by atoms with Crippen LogP contribution in [0.5, 0.6) is 0 Å². The first kappa shape index (κ1) is 24.1. The van der Waals surface area contributed by atoms with Crippen LogP contribution in [0.4, 0.5) is 0 Å². The molecular weight excluding hydrogens is 512 g/mol. The van der Waals surface area contributed by atoms with Crippen molar-refractivity contribution >= 4 is 32.3 Å². The zero-order valence-corrected chi connectivity index (χ0v) is 22.6. The first-order chi connectivity index (χ1) is 20.8. The highest BCUT2D eigenvalue weighted by atomic mass is 15.0. The van der Waals surface area contributed by atoms with E-state index in [1.807, 2.05) is 18.3 Å². The molecule has 0 amide bonds. The van der Waals surface area contributed by atoms with Gasteiger partial charge in [0, 0.05) is 33.8 Å². The van der Waals surface area contributed by atoms with Gasteiger partial charge in [-0.1, -0.05) is 127 Å². The van der Waals surface area contributed by atoms with E-state index in [9.17, 15) is 0 Å². The molecule has 0 bridgehead atoms. The van der Waals surface area contributed by atoms with Gasteiger partial charge in [-0.05, 0) is 39.1 Å². The fourth-order valence-corrected chi connectivity index (χ4v) is 5.74. The normalized spacial score (nSPS) is 11.3. The van der Waals surface area contributed by atoms with Crippen LogP contribution in [0.1, 0.15) is 0 Å². The highest BCUT2D eigenvalue weighted by Crippen LogP contribution is 2.34. The zero-order chi connectivity index (χ0) is 27.9. The van der Waals surface area contributed by atoms with Gasteiger partial charge in [0.1, 0.15) is 0 Å². The SMILES string of the molecule is c1cc(-c2nc(-c3cccc4ccccc34)nc(-c3cccc4ccccc34)n2)cc(-c2nccc3ccccc23)c1. The Kier molecular flexibility index (Phi) is 5.75. The van der Waals surface area contributed by atoms with E-state index < -0.39 is 0 Å². The Bertz CT molecular complexity index is 2160. The summed E-state index contributed by atoms with van der Waals surface area (Å²) in [6, 6.07) is 47.9. The first-order valence-electron chi connectivity index (χ1n) is 14.0. The molecule has 4 heteroatoms. The Hall–Kier alpha value is -5.74. The van der Waals surface area contributed by atoms with Crippen molar-refractivity contribution in [2.75, 3.05) is 0 Å². The van der Waals surface area contributed by atoms with E-state index in [0.29, 0.717) is 17.5 Å². The third kappa shape index (κ3) is 4.18. The number of pyridine rings is 1. The summed E-state index contributed by atoms with van der Waals surface area (Å²) in [7, 11) is 0. The third-order valence-corrected chi connectivity index (χ3v) is 7.76. The summed E-state index contributed by atoms with van der Waals surface area (Å²) in [6.07, 6.45) is 1.87. The van der Waals surface area contributed by atoms with Crippen LogP contribution in [-0.4, -0.2) is 19.9 Å². The molecule has 8 rings (SSSR count). The molecule has 8 aromatic rings. The van der Waals surface area contributed by atoms with E-state index in [0.717, 1.165) is 60.3 Å². The second-order valence-corrected chi connectivity index (χ2v) is 10.3. The van der Waals surface area contributed by atoms with Crippen molar-refractivity contribution in [2.45, 2.75) is 0 Å². The summed E-state index contributed by atoms with van der Waals surface area (Å²) in [6.45, 7) is 0. The molecule has 42 heavy (non-hydrogen) atoms. The fraction of sp³-hybridized carbons (Fsp3) is 0. The van der Waals surface area contributed by atoms with Gasteiger partial charge in [-0.3, -0.25) is 4.98 Å². The summed E-state index contributed by atoms with van der Waals surface area (Å²) in [5.41, 5.74) is 4.82. The van der Waals surface area contributed by atoms with E-state index >= 15 is 0 Å². The van der Waals surface area contributed by atoms with Crippen LogP contribution in [-0.2, 0) is 0 Å². The number of benzene rings is 6. The largest absolute Gasteiger partial charge is 0.256 e. The lowest BCUT2D eigenvalue weighted by molar-refractivity contribution is 1.08. The summed E-state index contributed by atoms with van der Waals surface area (Å²) < 4.78 is 0. The lowest BCUT2D eigenvalue weighted by Gasteiger charge is -2.12. The summed E-state index contributed by atoms with van der Waals surface area (Å²) in [5.74, 6) is 1.92. The van der Waals surface area contributed by atoms with Crippen molar-refractivity contribution in [1.29, 1.82) is 0 Å². The number of rotatable bonds is 4. The zero-order valence-electron chi connectivity index (χ0n) is 22.6. The van der Waals surface area contributed by atoms with Gasteiger partial charge in [0.15, 0.2) is 17.5 Å². The van der Waals surface area contributed by atoms with Crippen LogP contribution in [0.15, 0.2) is 146 Å². The van der Waals surface area contributed by atoms with Crippen molar-refractivity contribution in [3.8, 4) is 45.4 Å². The van der Waals surface area contributed by atoms with Gasteiger partial charge < -0.3 is 0 Å². The number of nitrogens with zero attached hydrogens (tertiary/aromatic N) is 4. The molecule has 0 radical (unpaired) electrons. The quantitative estimate of drug-likeness (QED) is 0.225. The van der Waals surface area contributed by atoms with Crippen LogP contribution in [0.3, 0.4) is 0 Å². The minimum absolute atomic E-state index is 0.623. The maximum absolute atomic E-state index is 5.09. The van der Waals surface area contributed by atoms with Gasteiger partial charge in [0.05, 0.1) is 5.69 Å². The van der Waals surface area contributed by atoms with Gasteiger partial charge in [-0.2, -0.15) is 0 Å². The number of fused-ring (bicyclic) bond motifs is 3. The second kappa shape index (κ2) is 10.0. The molecule has 196 valence electrons. The Morgan fingerprint density at radius 1 is 0.357 bits per heavy atom. The molecule has 0 aliphatic heterocycles. The molecule has 6 aromatic carbocycles. The van der Waals surface area contributed by atoms with Crippen LogP contribution in [0.2, 0.25) is 0 Å². The number of aromatic nitrogens is 4. The maximum Gasteiger partial charge on any atom is 0.164 e. The van der Waals surface area contributed by atoms with Crippen LogP contribution in [0, 0.1) is 0 Å². The molecule has 0 saturated carbocycles. The molecule has 0 atom stereocenters. The van der Waals surface area contributed by atoms with E-state index in [1.165, 1.54) is 0 Å². The third-order valence-electron chi connectivity index (χ3n) is 7.76. The van der Waals surface area contributed by atoms with E-state index in [-0.39, 0.29) is 0 Å². The molecule has 0 aliphatic carbocycles. The lowest BCUT2D eigenvalue weighted by atomic mass is 10.0. The van der Waals surface area contributed by atoms with E-state index in [1.54, 1.807) is 0 Å². The molecule has 0 aliphatic rings. The topological polar surface area (TPSA) is 51.6 Å². The summed E-state index contributed by atoms with van der Waals surface area (Å²) in [5, 5.41) is 6.77. The minimum Gasteiger partial charge on any atom is -0.256 e. The molecule has 0 unspecified atom stereocenters. The molecule has 2 aromatic heterocycles. The first-order valence-corrected chi connectivity index (χ1v) is 14.0. The lowest BCUT2D eigenvalue weighted by Crippen LogP contribution is -2.01. The number of hydrogen-bond donors (Lipinski definition) is 0. The highest BCUT2D eigenvalue weighted by Gasteiger charge is 2.16. The van der Waals surface area contributed by atoms with Crippen molar-refractivity contribution in [2.24, 2.45) is 0 Å². The van der Waals surface area contributed by atoms with Crippen LogP contribution >= 0.6 is 0 Å².